The van der Waals surface area contributed by atoms with Gasteiger partial charge in [-0.25, -0.2) is 0 Å². The first-order valence-corrected chi connectivity index (χ1v) is 6.20. The first-order valence-electron chi connectivity index (χ1n) is 1.69. The molecule has 0 unspecified atom stereocenters. The Morgan fingerprint density at radius 3 is 1.14 bits per heavy atom. The zero-order valence-electron chi connectivity index (χ0n) is 5.26. The summed E-state index contributed by atoms with van der Waals surface area (Å²) in [5, 5.41) is 0. The summed E-state index contributed by atoms with van der Waals surface area (Å²) in [5.41, 5.74) is 0. The van der Waals surface area contributed by atoms with Crippen molar-refractivity contribution >= 4 is 18.5 Å². The van der Waals surface area contributed by atoms with Gasteiger partial charge in [-0.1, -0.05) is 19.6 Å². The van der Waals surface area contributed by atoms with Gasteiger partial charge in [-0.2, -0.15) is 11.1 Å². The summed E-state index contributed by atoms with van der Waals surface area (Å²) in [6.45, 7) is 6.28. The van der Waals surface area contributed by atoms with E-state index in [2.05, 4.69) is 19.6 Å². The SMILES string of the molecule is C[Si](C)(C)Cl.[Br-].[Li+]. The molecule has 0 radical (unpaired) electrons. The van der Waals surface area contributed by atoms with Crippen molar-refractivity contribution in [2.45, 2.75) is 19.6 Å². The Bertz CT molecular complexity index is 30.4. The fourth-order valence-electron chi connectivity index (χ4n) is 0. The van der Waals surface area contributed by atoms with Gasteiger partial charge >= 0.3 is 18.9 Å². The standard InChI is InChI=1S/C3H9ClSi.BrH.Li/c1-5(2,3)4;;/h1-3H3;1H;/q;;+1/p-1. The van der Waals surface area contributed by atoms with Crippen molar-refractivity contribution in [3.63, 3.8) is 0 Å². The van der Waals surface area contributed by atoms with Crippen LogP contribution in [0.15, 0.2) is 0 Å². The first kappa shape index (κ1) is 15.8. The van der Waals surface area contributed by atoms with Crippen LogP contribution in [0, 0.1) is 0 Å². The molecule has 0 atom stereocenters. The molecule has 0 spiro atoms. The van der Waals surface area contributed by atoms with E-state index in [1.807, 2.05) is 0 Å². The van der Waals surface area contributed by atoms with E-state index in [4.69, 9.17) is 11.1 Å². The Morgan fingerprint density at radius 2 is 1.14 bits per heavy atom. The minimum Gasteiger partial charge on any atom is -1.00 e. The van der Waals surface area contributed by atoms with Gasteiger partial charge in [0.1, 0.15) is 7.38 Å². The summed E-state index contributed by atoms with van der Waals surface area (Å²) < 4.78 is 0. The van der Waals surface area contributed by atoms with Gasteiger partial charge in [0.15, 0.2) is 0 Å². The van der Waals surface area contributed by atoms with Crippen LogP contribution in [0.2, 0.25) is 19.6 Å². The molecule has 40 valence electrons. The van der Waals surface area contributed by atoms with Crippen molar-refractivity contribution in [2.24, 2.45) is 0 Å². The zero-order valence-corrected chi connectivity index (χ0v) is 8.60. The third-order valence-corrected chi connectivity index (χ3v) is 0. The zero-order chi connectivity index (χ0) is 4.50. The normalized spacial score (nSPS) is 8.57. The van der Waals surface area contributed by atoms with Crippen molar-refractivity contribution < 1.29 is 35.8 Å². The van der Waals surface area contributed by atoms with Crippen molar-refractivity contribution in [1.82, 2.24) is 0 Å². The van der Waals surface area contributed by atoms with Crippen molar-refractivity contribution in [3.05, 3.63) is 0 Å². The topological polar surface area (TPSA) is 0 Å². The average molecular weight is 195 g/mol. The van der Waals surface area contributed by atoms with Crippen LogP contribution in [-0.4, -0.2) is 7.38 Å². The summed E-state index contributed by atoms with van der Waals surface area (Å²) in [4.78, 5) is 0. The van der Waals surface area contributed by atoms with Gasteiger partial charge in [-0.15, -0.1) is 0 Å². The van der Waals surface area contributed by atoms with Crippen molar-refractivity contribution in [2.75, 3.05) is 0 Å². The molecule has 0 aromatic heterocycles. The number of halogens is 2. The van der Waals surface area contributed by atoms with Gasteiger partial charge in [-0.05, 0) is 0 Å². The molecule has 0 amide bonds. The minimum atomic E-state index is -1.14. The van der Waals surface area contributed by atoms with E-state index in [-0.39, 0.29) is 35.8 Å². The van der Waals surface area contributed by atoms with Gasteiger partial charge in [0.05, 0.1) is 0 Å². The minimum absolute atomic E-state index is 0. The molecule has 7 heavy (non-hydrogen) atoms. The summed E-state index contributed by atoms with van der Waals surface area (Å²) >= 11 is 5.67. The summed E-state index contributed by atoms with van der Waals surface area (Å²) in [7, 11) is -1.14. The van der Waals surface area contributed by atoms with Crippen LogP contribution in [0.25, 0.3) is 0 Å². The molecule has 0 nitrogen and oxygen atoms in total. The fourth-order valence-corrected chi connectivity index (χ4v) is 0. The number of rotatable bonds is 0. The molecule has 0 rings (SSSR count). The van der Waals surface area contributed by atoms with Gasteiger partial charge in [-0.3, -0.25) is 0 Å². The predicted octanol–water partition coefficient (Wildman–Crippen LogP) is -3.93. The Labute approximate surface area is 73.7 Å². The van der Waals surface area contributed by atoms with E-state index < -0.39 is 7.38 Å². The quantitative estimate of drug-likeness (QED) is 0.274. The fraction of sp³-hybridized carbons (Fsp3) is 1.00. The molecule has 0 heterocycles. The second kappa shape index (κ2) is 5.72. The molecule has 4 heteroatoms. The Morgan fingerprint density at radius 1 is 1.14 bits per heavy atom. The molecule has 0 aliphatic heterocycles. The largest absolute Gasteiger partial charge is 1.00 e. The predicted molar refractivity (Wildman–Crippen MR) is 29.2 cm³/mol. The molecule has 0 aromatic carbocycles. The van der Waals surface area contributed by atoms with Crippen LogP contribution in [0.5, 0.6) is 0 Å². The van der Waals surface area contributed by atoms with E-state index in [1.54, 1.807) is 0 Å². The van der Waals surface area contributed by atoms with Crippen molar-refractivity contribution in [1.29, 1.82) is 0 Å². The van der Waals surface area contributed by atoms with Crippen LogP contribution >= 0.6 is 11.1 Å². The van der Waals surface area contributed by atoms with Crippen LogP contribution in [0.4, 0.5) is 0 Å². The van der Waals surface area contributed by atoms with Crippen molar-refractivity contribution in [3.8, 4) is 0 Å². The monoisotopic (exact) mass is 194 g/mol. The molecule has 0 fully saturated rings. The third kappa shape index (κ3) is 94.2. The number of hydrogen-bond donors (Lipinski definition) is 0. The smallest absolute Gasteiger partial charge is 1.00 e. The van der Waals surface area contributed by atoms with Crippen LogP contribution in [0.3, 0.4) is 0 Å². The van der Waals surface area contributed by atoms with E-state index in [9.17, 15) is 0 Å². The molecule has 0 N–H and O–H groups in total. The molecular weight excluding hydrogens is 186 g/mol. The van der Waals surface area contributed by atoms with Gasteiger partial charge < -0.3 is 17.0 Å². The molecule has 0 bridgehead atoms. The third-order valence-electron chi connectivity index (χ3n) is 0. The summed E-state index contributed by atoms with van der Waals surface area (Å²) in [6, 6.07) is 0. The maximum atomic E-state index is 5.67. The van der Waals surface area contributed by atoms with E-state index in [1.165, 1.54) is 0 Å². The number of hydrogen-bond acceptors (Lipinski definition) is 0. The molecule has 0 aromatic rings. The molecule has 0 saturated heterocycles. The summed E-state index contributed by atoms with van der Waals surface area (Å²) in [5.74, 6) is 0. The maximum absolute atomic E-state index is 5.67. The molecule has 0 saturated carbocycles. The maximum Gasteiger partial charge on any atom is 1.00 e. The van der Waals surface area contributed by atoms with Gasteiger partial charge in [0.25, 0.3) is 0 Å². The van der Waals surface area contributed by atoms with Crippen LogP contribution < -0.4 is 35.8 Å². The van der Waals surface area contributed by atoms with E-state index in [0.29, 0.717) is 0 Å². The molecule has 0 aliphatic rings. The van der Waals surface area contributed by atoms with Gasteiger partial charge in [0.2, 0.25) is 0 Å². The average Bonchev–Trinajstić information content (AvgIpc) is 0.722. The molecule has 0 aliphatic carbocycles. The Balaban J connectivity index is -0.0000000800. The second-order valence-electron chi connectivity index (χ2n) is 2.07. The Kier molecular flexibility index (Phi) is 12.9. The first-order chi connectivity index (χ1) is 2.00. The Hall–Kier alpha value is 1.58. The van der Waals surface area contributed by atoms with E-state index >= 15 is 0 Å². The van der Waals surface area contributed by atoms with E-state index in [0.717, 1.165) is 0 Å². The van der Waals surface area contributed by atoms with Gasteiger partial charge in [0, 0.05) is 0 Å². The van der Waals surface area contributed by atoms with Crippen LogP contribution in [0.1, 0.15) is 0 Å². The molecular formula is C3H9BrClLiSi. The second-order valence-corrected chi connectivity index (χ2v) is 9.60. The summed E-state index contributed by atoms with van der Waals surface area (Å²) in [6.07, 6.45) is 0. The van der Waals surface area contributed by atoms with Crippen LogP contribution in [-0.2, 0) is 0 Å².